The van der Waals surface area contributed by atoms with Gasteiger partial charge in [-0.05, 0) is 78.7 Å². The van der Waals surface area contributed by atoms with Crippen LogP contribution in [-0.2, 0) is 14.9 Å². The molecule has 5 rings (SSSR count). The van der Waals surface area contributed by atoms with Crippen molar-refractivity contribution in [3.05, 3.63) is 59.2 Å². The fourth-order valence-corrected chi connectivity index (χ4v) is 5.70. The smallest absolute Gasteiger partial charge is 0.123 e. The lowest BCUT2D eigenvalue weighted by Gasteiger charge is -2.32. The van der Waals surface area contributed by atoms with E-state index in [1.54, 1.807) is 0 Å². The van der Waals surface area contributed by atoms with Crippen LogP contribution in [0.4, 0.5) is 0 Å². The van der Waals surface area contributed by atoms with Crippen molar-refractivity contribution in [2.24, 2.45) is 0 Å². The number of benzene rings is 2. The third kappa shape index (κ3) is 6.83. The van der Waals surface area contributed by atoms with Gasteiger partial charge in [-0.1, -0.05) is 64.3 Å². The Labute approximate surface area is 217 Å². The third-order valence-electron chi connectivity index (χ3n) is 8.35. The van der Waals surface area contributed by atoms with Gasteiger partial charge in [0.2, 0.25) is 0 Å². The van der Waals surface area contributed by atoms with Crippen LogP contribution >= 0.6 is 0 Å². The van der Waals surface area contributed by atoms with Crippen LogP contribution in [0.25, 0.3) is 0 Å². The Balaban J connectivity index is 1.22. The highest BCUT2D eigenvalue weighted by atomic mass is 16.6. The largest absolute Gasteiger partial charge is 0.491 e. The van der Waals surface area contributed by atoms with Gasteiger partial charge >= 0.3 is 0 Å². The molecule has 0 spiro atoms. The Morgan fingerprint density at radius 3 is 1.97 bits per heavy atom. The maximum atomic E-state index is 6.27. The molecule has 2 heterocycles. The Bertz CT molecular complexity index is 966. The molecule has 1 saturated carbocycles. The fraction of sp³-hybridized carbons (Fsp3) is 0.625. The molecular weight excluding hydrogens is 448 g/mol. The summed E-state index contributed by atoms with van der Waals surface area (Å²) >= 11 is 0. The summed E-state index contributed by atoms with van der Waals surface area (Å²) in [6.07, 6.45) is 10.6. The highest BCUT2D eigenvalue weighted by Gasteiger charge is 2.30. The molecule has 36 heavy (non-hydrogen) atoms. The van der Waals surface area contributed by atoms with Gasteiger partial charge in [-0.15, -0.1) is 0 Å². The molecule has 2 saturated heterocycles. The molecule has 2 aromatic rings. The summed E-state index contributed by atoms with van der Waals surface area (Å²) in [5.41, 5.74) is 4.43. The molecule has 2 aliphatic heterocycles. The monoisotopic (exact) mass is 492 g/mol. The lowest BCUT2D eigenvalue weighted by atomic mass is 9.74. The number of ether oxygens (including phenoxy) is 4. The van der Waals surface area contributed by atoms with Crippen molar-refractivity contribution < 1.29 is 18.9 Å². The first-order chi connectivity index (χ1) is 17.5. The molecule has 3 fully saturated rings. The number of hydrogen-bond donors (Lipinski definition) is 0. The number of unbranched alkanes of at least 4 members (excludes halogenated alkanes) is 2. The molecule has 0 radical (unpaired) electrons. The van der Waals surface area contributed by atoms with E-state index in [1.165, 1.54) is 68.1 Å². The van der Waals surface area contributed by atoms with Gasteiger partial charge in [0.1, 0.15) is 36.9 Å². The van der Waals surface area contributed by atoms with Crippen molar-refractivity contribution in [1.82, 2.24) is 0 Å². The van der Waals surface area contributed by atoms with Crippen molar-refractivity contribution in [2.75, 3.05) is 26.4 Å². The topological polar surface area (TPSA) is 43.5 Å². The van der Waals surface area contributed by atoms with Crippen LogP contribution in [0, 0.1) is 0 Å². The predicted octanol–water partition coefficient (Wildman–Crippen LogP) is 7.54. The summed E-state index contributed by atoms with van der Waals surface area (Å²) in [7, 11) is 0. The maximum absolute atomic E-state index is 6.27. The van der Waals surface area contributed by atoms with Crippen molar-refractivity contribution >= 4 is 0 Å². The first-order valence-electron chi connectivity index (χ1n) is 14.2. The summed E-state index contributed by atoms with van der Waals surface area (Å²) in [5, 5.41) is 0. The van der Waals surface area contributed by atoms with Gasteiger partial charge < -0.3 is 18.9 Å². The second-order valence-electron chi connectivity index (χ2n) is 11.7. The van der Waals surface area contributed by atoms with E-state index in [4.69, 9.17) is 18.9 Å². The Hall–Kier alpha value is -2.04. The Kier molecular flexibility index (Phi) is 8.22. The van der Waals surface area contributed by atoms with Gasteiger partial charge in [0.25, 0.3) is 0 Å². The zero-order chi connectivity index (χ0) is 25.0. The Morgan fingerprint density at radius 1 is 0.778 bits per heavy atom. The van der Waals surface area contributed by atoms with Crippen LogP contribution in [-0.4, -0.2) is 38.6 Å². The first-order valence-corrected chi connectivity index (χ1v) is 14.2. The first kappa shape index (κ1) is 25.6. The minimum Gasteiger partial charge on any atom is -0.491 e. The van der Waals surface area contributed by atoms with Gasteiger partial charge in [0.15, 0.2) is 0 Å². The SMILES string of the molecule is CCCCCC(C)(C)c1cc(C2CCC(c3ccc(OCC4CO4)cc3)CC2)ccc1OCC1CO1. The highest BCUT2D eigenvalue weighted by Crippen LogP contribution is 2.44. The van der Waals surface area contributed by atoms with Crippen LogP contribution in [0.5, 0.6) is 11.5 Å². The van der Waals surface area contributed by atoms with E-state index in [9.17, 15) is 0 Å². The number of epoxide rings is 2. The van der Waals surface area contributed by atoms with Gasteiger partial charge in [-0.25, -0.2) is 0 Å². The van der Waals surface area contributed by atoms with Crippen LogP contribution in [0.3, 0.4) is 0 Å². The third-order valence-corrected chi connectivity index (χ3v) is 8.35. The van der Waals surface area contributed by atoms with Crippen LogP contribution in [0.15, 0.2) is 42.5 Å². The van der Waals surface area contributed by atoms with Gasteiger partial charge in [-0.2, -0.15) is 0 Å². The van der Waals surface area contributed by atoms with Crippen LogP contribution < -0.4 is 9.47 Å². The molecule has 0 bridgehead atoms. The molecule has 3 aliphatic rings. The molecule has 0 aromatic heterocycles. The molecule has 4 heteroatoms. The molecule has 1 aliphatic carbocycles. The van der Waals surface area contributed by atoms with E-state index in [0.717, 1.165) is 24.7 Å². The standard InChI is InChI=1S/C32H44O4/c1-4-5-6-17-32(2,3)30-18-26(13-16-31(30)36-22-29-21-35-29)25-9-7-23(8-10-25)24-11-14-27(15-12-24)33-19-28-20-34-28/h11-16,18,23,25,28-29H,4-10,17,19-22H2,1-3H3. The van der Waals surface area contributed by atoms with Crippen molar-refractivity contribution in [3.63, 3.8) is 0 Å². The second kappa shape index (κ2) is 11.6. The summed E-state index contributed by atoms with van der Waals surface area (Å²) < 4.78 is 22.7. The molecule has 0 N–H and O–H groups in total. The number of rotatable bonds is 13. The summed E-state index contributed by atoms with van der Waals surface area (Å²) in [5.74, 6) is 3.29. The van der Waals surface area contributed by atoms with E-state index in [-0.39, 0.29) is 11.5 Å². The summed E-state index contributed by atoms with van der Waals surface area (Å²) in [6.45, 7) is 10.1. The van der Waals surface area contributed by atoms with Gasteiger partial charge in [0.05, 0.1) is 13.2 Å². The summed E-state index contributed by atoms with van der Waals surface area (Å²) in [4.78, 5) is 0. The molecule has 2 unspecified atom stereocenters. The molecule has 0 amide bonds. The van der Waals surface area contributed by atoms with Crippen molar-refractivity contribution in [2.45, 2.75) is 102 Å². The zero-order valence-electron chi connectivity index (χ0n) is 22.5. The normalized spacial score (nSPS) is 25.4. The molecule has 2 aromatic carbocycles. The van der Waals surface area contributed by atoms with E-state index >= 15 is 0 Å². The molecule has 4 nitrogen and oxygen atoms in total. The summed E-state index contributed by atoms with van der Waals surface area (Å²) in [6, 6.07) is 15.8. The van der Waals surface area contributed by atoms with E-state index in [1.807, 2.05) is 0 Å². The lowest BCUT2D eigenvalue weighted by molar-refractivity contribution is 0.256. The van der Waals surface area contributed by atoms with E-state index in [2.05, 4.69) is 63.2 Å². The lowest BCUT2D eigenvalue weighted by Crippen LogP contribution is -2.20. The van der Waals surface area contributed by atoms with E-state index < -0.39 is 0 Å². The van der Waals surface area contributed by atoms with Crippen molar-refractivity contribution in [1.29, 1.82) is 0 Å². The van der Waals surface area contributed by atoms with Gasteiger partial charge in [0, 0.05) is 5.56 Å². The van der Waals surface area contributed by atoms with E-state index in [0.29, 0.717) is 31.2 Å². The highest BCUT2D eigenvalue weighted by molar-refractivity contribution is 5.43. The van der Waals surface area contributed by atoms with Crippen molar-refractivity contribution in [3.8, 4) is 11.5 Å². The van der Waals surface area contributed by atoms with Crippen LogP contribution in [0.1, 0.15) is 101 Å². The van der Waals surface area contributed by atoms with Gasteiger partial charge in [-0.3, -0.25) is 0 Å². The van der Waals surface area contributed by atoms with Crippen LogP contribution in [0.2, 0.25) is 0 Å². The minimum absolute atomic E-state index is 0.109. The maximum Gasteiger partial charge on any atom is 0.123 e. The fourth-order valence-electron chi connectivity index (χ4n) is 5.70. The second-order valence-corrected chi connectivity index (χ2v) is 11.7. The Morgan fingerprint density at radius 2 is 1.36 bits per heavy atom. The molecule has 196 valence electrons. The molecular formula is C32H44O4. The average molecular weight is 493 g/mol. The zero-order valence-corrected chi connectivity index (χ0v) is 22.5. The molecule has 2 atom stereocenters. The number of hydrogen-bond acceptors (Lipinski definition) is 4. The quantitative estimate of drug-likeness (QED) is 0.214. The minimum atomic E-state index is 0.109. The predicted molar refractivity (Wildman–Crippen MR) is 144 cm³/mol. The average Bonchev–Trinajstić information content (AvgIpc) is 3.82.